The summed E-state index contributed by atoms with van der Waals surface area (Å²) in [6.07, 6.45) is 5.62. The molecule has 0 saturated carbocycles. The van der Waals surface area contributed by atoms with Gasteiger partial charge in [0, 0.05) is 101 Å². The summed E-state index contributed by atoms with van der Waals surface area (Å²) in [6, 6.07) is 152. The Bertz CT molecular complexity index is 8820. The van der Waals surface area contributed by atoms with Crippen LogP contribution >= 0.6 is 0 Å². The van der Waals surface area contributed by atoms with Crippen molar-refractivity contribution in [2.24, 2.45) is 0 Å². The van der Waals surface area contributed by atoms with E-state index in [4.69, 9.17) is 29.9 Å². The Labute approximate surface area is 742 Å². The van der Waals surface area contributed by atoms with Gasteiger partial charge in [0.05, 0.1) is 50.2 Å². The van der Waals surface area contributed by atoms with Crippen LogP contribution in [-0.2, 0) is 0 Å². The monoisotopic (exact) mass is 1640 g/mol. The van der Waals surface area contributed by atoms with Crippen LogP contribution in [0.4, 0.5) is 0 Å². The third-order valence-corrected chi connectivity index (χ3v) is 26.3. The van der Waals surface area contributed by atoms with E-state index in [1.165, 1.54) is 170 Å². The molecule has 0 fully saturated rings. The molecule has 0 atom stereocenters. The summed E-state index contributed by atoms with van der Waals surface area (Å²) in [7, 11) is 0. The van der Waals surface area contributed by atoms with Gasteiger partial charge in [0.15, 0.2) is 17.5 Å². The summed E-state index contributed by atoms with van der Waals surface area (Å²) in [5.74, 6) is 1.92. The zero-order chi connectivity index (χ0) is 84.7. The number of aromatic nitrogens is 9. The van der Waals surface area contributed by atoms with Crippen molar-refractivity contribution in [3.05, 3.63) is 443 Å². The molecule has 9 nitrogen and oxygen atoms in total. The summed E-state index contributed by atoms with van der Waals surface area (Å²) in [4.78, 5) is 29.1. The summed E-state index contributed by atoms with van der Waals surface area (Å²) in [6.45, 7) is 0. The Balaban J connectivity index is 0.000000105. The van der Waals surface area contributed by atoms with Crippen LogP contribution in [0.25, 0.3) is 261 Å². The molecule has 0 amide bonds. The molecular weight excluding hydrogens is 1570 g/mol. The van der Waals surface area contributed by atoms with Gasteiger partial charge in [-0.2, -0.15) is 0 Å². The van der Waals surface area contributed by atoms with Crippen LogP contribution < -0.4 is 0 Å². The van der Waals surface area contributed by atoms with Crippen molar-refractivity contribution in [1.82, 2.24) is 43.6 Å². The smallest absolute Gasteiger partial charge is 0.164 e. The topological polar surface area (TPSA) is 92.1 Å². The molecule has 0 bridgehead atoms. The summed E-state index contributed by atoms with van der Waals surface area (Å²) in [5, 5.41) is 15.5. The minimum atomic E-state index is 0.632. The molecule has 3 aliphatic carbocycles. The highest BCUT2D eigenvalue weighted by Crippen LogP contribution is 2.56. The molecule has 18 aromatic carbocycles. The van der Waals surface area contributed by atoms with E-state index in [9.17, 15) is 0 Å². The maximum Gasteiger partial charge on any atom is 0.164 e. The molecule has 598 valence electrons. The van der Waals surface area contributed by atoms with E-state index in [-0.39, 0.29) is 0 Å². The van der Waals surface area contributed by atoms with Crippen LogP contribution in [0.2, 0.25) is 0 Å². The van der Waals surface area contributed by atoms with Crippen LogP contribution in [0.15, 0.2) is 443 Å². The molecule has 0 radical (unpaired) electrons. The fraction of sp³-hybridized carbons (Fsp3) is 0. The highest BCUT2D eigenvalue weighted by atomic mass is 15.0. The zero-order valence-electron chi connectivity index (χ0n) is 69.7. The maximum absolute atomic E-state index is 4.99. The number of hydrogen-bond acceptors (Lipinski definition) is 6. The van der Waals surface area contributed by atoms with E-state index in [0.29, 0.717) is 17.5 Å². The first-order valence-corrected chi connectivity index (χ1v) is 43.9. The quantitative estimate of drug-likeness (QED) is 0.135. The van der Waals surface area contributed by atoms with E-state index in [1.807, 2.05) is 97.5 Å². The van der Waals surface area contributed by atoms with Gasteiger partial charge < -0.3 is 13.7 Å². The Morgan fingerprint density at radius 2 is 0.434 bits per heavy atom. The number of para-hydroxylation sites is 1. The van der Waals surface area contributed by atoms with Crippen molar-refractivity contribution < 1.29 is 0 Å². The lowest BCUT2D eigenvalue weighted by atomic mass is 9.92. The minimum Gasteiger partial charge on any atom is -0.309 e. The minimum absolute atomic E-state index is 0.632. The van der Waals surface area contributed by atoms with Gasteiger partial charge in [-0.3, -0.25) is 15.0 Å². The average Bonchev–Trinajstić information content (AvgIpc) is 1.55. The lowest BCUT2D eigenvalue weighted by Gasteiger charge is -2.15. The van der Waals surface area contributed by atoms with Crippen LogP contribution in [-0.4, -0.2) is 43.6 Å². The predicted octanol–water partition coefficient (Wildman–Crippen LogP) is 30.8. The van der Waals surface area contributed by atoms with E-state index in [2.05, 4.69) is 359 Å². The summed E-state index contributed by atoms with van der Waals surface area (Å²) < 4.78 is 7.29. The fourth-order valence-corrected chi connectivity index (χ4v) is 20.8. The number of benzene rings is 18. The molecule has 9 heteroatoms. The van der Waals surface area contributed by atoms with E-state index < -0.39 is 0 Å². The first-order valence-electron chi connectivity index (χ1n) is 43.9. The van der Waals surface area contributed by atoms with Crippen LogP contribution in [0.1, 0.15) is 0 Å². The van der Waals surface area contributed by atoms with Gasteiger partial charge in [0.1, 0.15) is 0 Å². The summed E-state index contributed by atoms with van der Waals surface area (Å²) in [5.41, 5.74) is 37.2. The molecule has 0 spiro atoms. The van der Waals surface area contributed by atoms with Gasteiger partial charge in [-0.1, -0.05) is 285 Å². The molecule has 129 heavy (non-hydrogen) atoms. The van der Waals surface area contributed by atoms with Crippen LogP contribution in [0, 0.1) is 0 Å². The normalized spacial score (nSPS) is 11.9. The number of nitrogens with zero attached hydrogens (tertiary/aromatic N) is 9. The average molecular weight is 1640 g/mol. The molecule has 7 aromatic heterocycles. The first kappa shape index (κ1) is 73.2. The van der Waals surface area contributed by atoms with Crippen molar-refractivity contribution in [2.75, 3.05) is 0 Å². The van der Waals surface area contributed by atoms with Crippen LogP contribution in [0.3, 0.4) is 0 Å². The molecule has 25 aromatic rings. The molecule has 7 heterocycles. The molecule has 28 rings (SSSR count). The molecular formula is C120H73N9. The highest BCUT2D eigenvalue weighted by molar-refractivity contribution is 6.34. The maximum atomic E-state index is 4.99. The van der Waals surface area contributed by atoms with Crippen molar-refractivity contribution in [1.29, 1.82) is 0 Å². The number of rotatable bonds is 10. The van der Waals surface area contributed by atoms with Gasteiger partial charge in [0.2, 0.25) is 0 Å². The molecule has 0 aliphatic heterocycles. The van der Waals surface area contributed by atoms with Crippen molar-refractivity contribution in [3.63, 3.8) is 0 Å². The number of hydrogen-bond donors (Lipinski definition) is 0. The van der Waals surface area contributed by atoms with E-state index in [0.717, 1.165) is 72.9 Å². The Morgan fingerprint density at radius 1 is 0.147 bits per heavy atom. The predicted molar refractivity (Wildman–Crippen MR) is 533 cm³/mol. The second-order valence-electron chi connectivity index (χ2n) is 33.5. The van der Waals surface area contributed by atoms with Gasteiger partial charge in [-0.05, 0) is 250 Å². The van der Waals surface area contributed by atoms with E-state index >= 15 is 0 Å². The van der Waals surface area contributed by atoms with Gasteiger partial charge >= 0.3 is 0 Å². The molecule has 0 saturated heterocycles. The largest absolute Gasteiger partial charge is 0.309 e. The second-order valence-corrected chi connectivity index (χ2v) is 33.5. The van der Waals surface area contributed by atoms with Crippen molar-refractivity contribution in [3.8, 4) is 163 Å². The van der Waals surface area contributed by atoms with Crippen molar-refractivity contribution in [2.45, 2.75) is 0 Å². The van der Waals surface area contributed by atoms with Crippen molar-refractivity contribution >= 4 is 97.7 Å². The summed E-state index contributed by atoms with van der Waals surface area (Å²) >= 11 is 0. The van der Waals surface area contributed by atoms with Gasteiger partial charge in [-0.25, -0.2) is 15.0 Å². The second kappa shape index (κ2) is 29.7. The molecule has 0 N–H and O–H groups in total. The lowest BCUT2D eigenvalue weighted by molar-refractivity contribution is 1.07. The molecule has 0 unspecified atom stereocenters. The van der Waals surface area contributed by atoms with Gasteiger partial charge in [-0.15, -0.1) is 0 Å². The third kappa shape index (κ3) is 11.8. The highest BCUT2D eigenvalue weighted by Gasteiger charge is 2.31. The van der Waals surface area contributed by atoms with E-state index in [1.54, 1.807) is 0 Å². The van der Waals surface area contributed by atoms with Gasteiger partial charge in [0.25, 0.3) is 0 Å². The zero-order valence-corrected chi connectivity index (χ0v) is 69.7. The fourth-order valence-electron chi connectivity index (χ4n) is 20.8. The Kier molecular flexibility index (Phi) is 16.8. The lowest BCUT2D eigenvalue weighted by Crippen LogP contribution is -2.00. The van der Waals surface area contributed by atoms with Crippen LogP contribution in [0.5, 0.6) is 0 Å². The Morgan fingerprint density at radius 3 is 0.798 bits per heavy atom. The molecule has 3 aliphatic rings. The SMILES string of the molecule is c1ccc(-c2cccc(-n3c4cc(-c5ccccn5)cc5c4c4c6c(cccc6ccc43)-c3ccccc3-5)c2)cc1.c1ccc(-c2nc(-c3ccccc3)nc(-c3ccc(-n4c5cc(-c6ccccn6)cc6c5c5c7c(cccc7ccc54)-c4ccccc4-6)cc3)n2)cc1.c1ccc(-n2c3cc(-c4ccccn4)cc4c3c3c5c(cccc5ccc32)-c2ccccc2-4)cc1. The standard InChI is InChI=1S/C48H29N5.C39H24N2.C33H20N2/c1-3-12-31(13-4-1)46-50-47(32-14-5-2-6-15-32)52-48(51-46)33-21-24-35(25-22-33)53-41-26-23-30-16-11-19-38-36-17-7-8-18-37(36)39-28-34(40-20-9-10-27-49-40)29-42(53)44(39)45(41)43(30)38;1-2-10-25(11-3-1)27-13-8-14-29(22-27)41-35-20-19-26-12-9-17-32-30-15-4-5-16-31(30)33-23-28(34-18-6-7-21-40-34)24-36(41)38(33)39(35)37(26)32;1-2-10-23(11-3-1)35-29-17-16-21-9-8-14-26-24-12-4-5-13-25(24)27-19-22(28-15-6-7-18-34-28)20-30(35)32(27)33(29)31(21)26/h1-29H;1-24H;1-20H. The number of fused-ring (bicyclic) bond motifs is 9. The Hall–Kier alpha value is -17.4. The number of pyridine rings is 3. The third-order valence-electron chi connectivity index (χ3n) is 26.3. The first-order chi connectivity index (χ1) is 64.0.